The highest BCUT2D eigenvalue weighted by Gasteiger charge is 2.38. The van der Waals surface area contributed by atoms with Crippen molar-refractivity contribution in [3.05, 3.63) is 58.4 Å². The molecule has 1 aromatic carbocycles. The maximum Gasteiger partial charge on any atom is 0.328 e. The predicted octanol–water partition coefficient (Wildman–Crippen LogP) is 5.01. The fraction of sp³-hybridized carbons (Fsp3) is 0.391. The van der Waals surface area contributed by atoms with Gasteiger partial charge in [0, 0.05) is 17.7 Å². The fourth-order valence-electron chi connectivity index (χ4n) is 3.65. The molecule has 1 aromatic heterocycles. The Morgan fingerprint density at radius 3 is 2.41 bits per heavy atom. The van der Waals surface area contributed by atoms with E-state index in [9.17, 15) is 4.79 Å². The van der Waals surface area contributed by atoms with Crippen LogP contribution in [0.2, 0.25) is 0 Å². The first-order chi connectivity index (χ1) is 12.5. The molecule has 4 nitrogen and oxygen atoms in total. The summed E-state index contributed by atoms with van der Waals surface area (Å²) in [5.41, 5.74) is 7.27. The molecule has 0 bridgehead atoms. The van der Waals surface area contributed by atoms with Crippen molar-refractivity contribution in [1.29, 1.82) is 0 Å². The van der Waals surface area contributed by atoms with Crippen LogP contribution in [0.1, 0.15) is 55.6 Å². The summed E-state index contributed by atoms with van der Waals surface area (Å²) in [5, 5.41) is 8.87. The molecule has 0 saturated carbocycles. The fourth-order valence-corrected chi connectivity index (χ4v) is 3.65. The van der Waals surface area contributed by atoms with Crippen LogP contribution >= 0.6 is 0 Å². The number of aromatic nitrogens is 1. The zero-order valence-electron chi connectivity index (χ0n) is 16.9. The van der Waals surface area contributed by atoms with Crippen LogP contribution in [0, 0.1) is 13.8 Å². The van der Waals surface area contributed by atoms with E-state index < -0.39 is 5.97 Å². The van der Waals surface area contributed by atoms with Gasteiger partial charge >= 0.3 is 5.97 Å². The second-order valence-corrected chi connectivity index (χ2v) is 8.49. The highest BCUT2D eigenvalue weighted by Crippen LogP contribution is 2.44. The summed E-state index contributed by atoms with van der Waals surface area (Å²) in [5.74, 6) is -0.979. The molecular formula is C23H27NO3. The second kappa shape index (κ2) is 6.61. The number of benzene rings is 1. The van der Waals surface area contributed by atoms with E-state index in [-0.39, 0.29) is 11.0 Å². The largest absolute Gasteiger partial charge is 0.478 e. The third kappa shape index (κ3) is 3.67. The van der Waals surface area contributed by atoms with E-state index in [2.05, 4.69) is 51.7 Å². The molecule has 0 fully saturated rings. The van der Waals surface area contributed by atoms with Gasteiger partial charge in [-0.05, 0) is 79.3 Å². The standard InChI is InChI=1S/C23H27NO3/c1-14-9-20-19(22(3,4)13-27-23(20,5)6)11-18(14)17-10-16(7-8-21(25)26)24-12-15(17)2/h7-12H,13H2,1-6H3,(H,25,26)/b8-7+. The predicted molar refractivity (Wildman–Crippen MR) is 108 cm³/mol. The number of pyridine rings is 1. The minimum atomic E-state index is -0.979. The first-order valence-electron chi connectivity index (χ1n) is 9.19. The normalized spacial score (nSPS) is 17.7. The SMILES string of the molecule is Cc1cnc(/C=C/C(=O)O)cc1-c1cc2c(cc1C)C(C)(C)OCC2(C)C. The molecule has 1 aliphatic rings. The van der Waals surface area contributed by atoms with Crippen LogP contribution in [0.15, 0.2) is 30.5 Å². The first kappa shape index (κ1) is 19.3. The summed E-state index contributed by atoms with van der Waals surface area (Å²) < 4.78 is 6.13. The number of carboxylic acid groups (broad SMARTS) is 1. The number of carboxylic acids is 1. The molecule has 0 amide bonds. The highest BCUT2D eigenvalue weighted by atomic mass is 16.5. The maximum atomic E-state index is 10.8. The second-order valence-electron chi connectivity index (χ2n) is 8.49. The Kier molecular flexibility index (Phi) is 4.73. The Balaban J connectivity index is 2.19. The summed E-state index contributed by atoms with van der Waals surface area (Å²) >= 11 is 0. The lowest BCUT2D eigenvalue weighted by atomic mass is 9.73. The Morgan fingerprint density at radius 2 is 1.74 bits per heavy atom. The molecule has 27 heavy (non-hydrogen) atoms. The molecule has 142 valence electrons. The van der Waals surface area contributed by atoms with Gasteiger partial charge in [0.15, 0.2) is 0 Å². The summed E-state index contributed by atoms with van der Waals surface area (Å²) in [4.78, 5) is 15.2. The highest BCUT2D eigenvalue weighted by molar-refractivity contribution is 5.85. The van der Waals surface area contributed by atoms with Crippen LogP contribution < -0.4 is 0 Å². The van der Waals surface area contributed by atoms with Gasteiger partial charge in [0.1, 0.15) is 0 Å². The number of nitrogens with zero attached hydrogens (tertiary/aromatic N) is 1. The van der Waals surface area contributed by atoms with Gasteiger partial charge in [0.2, 0.25) is 0 Å². The van der Waals surface area contributed by atoms with Crippen molar-refractivity contribution in [1.82, 2.24) is 4.98 Å². The molecule has 0 spiro atoms. The molecule has 0 saturated heterocycles. The van der Waals surface area contributed by atoms with Gasteiger partial charge < -0.3 is 9.84 Å². The topological polar surface area (TPSA) is 59.4 Å². The molecule has 4 heteroatoms. The molecule has 2 heterocycles. The van der Waals surface area contributed by atoms with Crippen LogP contribution in [0.5, 0.6) is 0 Å². The summed E-state index contributed by atoms with van der Waals surface area (Å²) in [6.07, 6.45) is 4.44. The number of hydrogen-bond acceptors (Lipinski definition) is 3. The number of hydrogen-bond donors (Lipinski definition) is 1. The van der Waals surface area contributed by atoms with Gasteiger partial charge in [-0.25, -0.2) is 4.79 Å². The third-order valence-corrected chi connectivity index (χ3v) is 5.35. The number of aliphatic carboxylic acids is 1. The number of rotatable bonds is 3. The van der Waals surface area contributed by atoms with Gasteiger partial charge in [-0.15, -0.1) is 0 Å². The Hall–Kier alpha value is -2.46. The molecule has 0 atom stereocenters. The van der Waals surface area contributed by atoms with Crippen LogP contribution in [-0.4, -0.2) is 22.7 Å². The molecule has 2 aromatic rings. The molecule has 0 unspecified atom stereocenters. The van der Waals surface area contributed by atoms with Crippen molar-refractivity contribution < 1.29 is 14.6 Å². The zero-order valence-corrected chi connectivity index (χ0v) is 16.9. The van der Waals surface area contributed by atoms with Crippen molar-refractivity contribution in [2.45, 2.75) is 52.6 Å². The van der Waals surface area contributed by atoms with Gasteiger partial charge in [-0.3, -0.25) is 4.98 Å². The monoisotopic (exact) mass is 365 g/mol. The van der Waals surface area contributed by atoms with Crippen molar-refractivity contribution in [3.8, 4) is 11.1 Å². The molecule has 0 radical (unpaired) electrons. The molecule has 1 aliphatic heterocycles. The van der Waals surface area contributed by atoms with Crippen LogP contribution in [0.25, 0.3) is 17.2 Å². The van der Waals surface area contributed by atoms with Gasteiger partial charge in [0.05, 0.1) is 17.9 Å². The van der Waals surface area contributed by atoms with Crippen molar-refractivity contribution in [2.75, 3.05) is 6.61 Å². The van der Waals surface area contributed by atoms with E-state index in [1.54, 1.807) is 6.20 Å². The van der Waals surface area contributed by atoms with Gasteiger partial charge in [-0.1, -0.05) is 19.9 Å². The quantitative estimate of drug-likeness (QED) is 0.777. The minimum Gasteiger partial charge on any atom is -0.478 e. The van der Waals surface area contributed by atoms with E-state index in [0.29, 0.717) is 12.3 Å². The van der Waals surface area contributed by atoms with Gasteiger partial charge in [0.25, 0.3) is 0 Å². The lowest BCUT2D eigenvalue weighted by Gasteiger charge is -2.42. The average Bonchev–Trinajstić information content (AvgIpc) is 2.58. The van der Waals surface area contributed by atoms with E-state index in [1.165, 1.54) is 22.8 Å². The average molecular weight is 365 g/mol. The van der Waals surface area contributed by atoms with Crippen molar-refractivity contribution in [3.63, 3.8) is 0 Å². The summed E-state index contributed by atoms with van der Waals surface area (Å²) in [6.45, 7) is 13.5. The van der Waals surface area contributed by atoms with Crippen LogP contribution in [0.3, 0.4) is 0 Å². The van der Waals surface area contributed by atoms with E-state index in [4.69, 9.17) is 9.84 Å². The van der Waals surface area contributed by atoms with E-state index in [1.807, 2.05) is 13.0 Å². The smallest absolute Gasteiger partial charge is 0.328 e. The molecule has 0 aliphatic carbocycles. The summed E-state index contributed by atoms with van der Waals surface area (Å²) in [7, 11) is 0. The third-order valence-electron chi connectivity index (χ3n) is 5.35. The summed E-state index contributed by atoms with van der Waals surface area (Å²) in [6, 6.07) is 6.47. The maximum absolute atomic E-state index is 10.8. The van der Waals surface area contributed by atoms with Crippen LogP contribution in [0.4, 0.5) is 0 Å². The van der Waals surface area contributed by atoms with E-state index >= 15 is 0 Å². The van der Waals surface area contributed by atoms with Crippen molar-refractivity contribution in [2.24, 2.45) is 0 Å². The number of fused-ring (bicyclic) bond motifs is 1. The minimum absolute atomic E-state index is 0.0692. The lowest BCUT2D eigenvalue weighted by Crippen LogP contribution is -2.40. The first-order valence-corrected chi connectivity index (χ1v) is 9.19. The Bertz CT molecular complexity index is 939. The van der Waals surface area contributed by atoms with Crippen molar-refractivity contribution >= 4 is 12.0 Å². The van der Waals surface area contributed by atoms with Gasteiger partial charge in [-0.2, -0.15) is 0 Å². The molecule has 3 rings (SSSR count). The lowest BCUT2D eigenvalue weighted by molar-refractivity contribution is -0.131. The number of ether oxygens (including phenoxy) is 1. The molecular weight excluding hydrogens is 338 g/mol. The number of aryl methyl sites for hydroxylation is 2. The zero-order chi connectivity index (χ0) is 20.0. The Morgan fingerprint density at radius 1 is 1.07 bits per heavy atom. The molecule has 1 N–H and O–H groups in total. The van der Waals surface area contributed by atoms with E-state index in [0.717, 1.165) is 22.8 Å². The van der Waals surface area contributed by atoms with Crippen LogP contribution in [-0.2, 0) is 20.5 Å². The number of carbonyl (C=O) groups is 1. The Labute approximate surface area is 160 Å².